The van der Waals surface area contributed by atoms with Crippen molar-refractivity contribution in [1.29, 1.82) is 0 Å². The van der Waals surface area contributed by atoms with E-state index in [1.54, 1.807) is 4.90 Å². The first kappa shape index (κ1) is 30.4. The molecular formula is C36H40ClN7O3. The number of amides is 1. The highest BCUT2D eigenvalue weighted by Gasteiger charge is 2.49. The highest BCUT2D eigenvalue weighted by molar-refractivity contribution is 6.36. The van der Waals surface area contributed by atoms with Crippen LogP contribution in [-0.4, -0.2) is 103 Å². The van der Waals surface area contributed by atoms with Gasteiger partial charge < -0.3 is 29.0 Å². The molecule has 1 unspecified atom stereocenters. The molecule has 2 aromatic carbocycles. The van der Waals surface area contributed by atoms with Crippen LogP contribution >= 0.6 is 11.6 Å². The Kier molecular flexibility index (Phi) is 7.95. The zero-order valence-electron chi connectivity index (χ0n) is 26.6. The quantitative estimate of drug-likeness (QED) is 0.245. The second-order valence-electron chi connectivity index (χ2n) is 13.8. The topological polar surface area (TPSA) is 78.6 Å². The van der Waals surface area contributed by atoms with Gasteiger partial charge in [-0.2, -0.15) is 9.97 Å². The summed E-state index contributed by atoms with van der Waals surface area (Å²) < 4.78 is 12.4. The normalized spacial score (nSPS) is 24.7. The second-order valence-corrected chi connectivity index (χ2v) is 14.2. The standard InChI is InChI=1S/C36H40ClN7O3/c1-3-32(45)44-15-14-42(18-26(44)17-38-2)34-28-10-13-41(31-9-5-7-24-6-4-8-29(37)33(24)31)20-30(28)39-35(40-34)47-23-36(11-12-36)22-43-19-27-16-25(43)21-46-27/h3-9,25-27H,1,10-23H2/t25-,26?,27-/m1/s1. The lowest BCUT2D eigenvalue weighted by atomic mass is 10.0. The summed E-state index contributed by atoms with van der Waals surface area (Å²) in [6.45, 7) is 18.0. The Hall–Kier alpha value is -3.91. The van der Waals surface area contributed by atoms with E-state index in [1.165, 1.54) is 6.08 Å². The fourth-order valence-corrected chi connectivity index (χ4v) is 8.30. The molecule has 3 saturated heterocycles. The fourth-order valence-electron chi connectivity index (χ4n) is 8.02. The first-order chi connectivity index (χ1) is 22.9. The van der Waals surface area contributed by atoms with Gasteiger partial charge in [-0.25, -0.2) is 6.57 Å². The molecule has 11 heteroatoms. The third-order valence-electron chi connectivity index (χ3n) is 10.8. The van der Waals surface area contributed by atoms with Gasteiger partial charge in [-0.3, -0.25) is 9.69 Å². The molecule has 244 valence electrons. The van der Waals surface area contributed by atoms with Gasteiger partial charge in [0.25, 0.3) is 0 Å². The molecule has 0 radical (unpaired) electrons. The number of hydrogen-bond acceptors (Lipinski definition) is 8. The van der Waals surface area contributed by atoms with E-state index < -0.39 is 0 Å². The van der Waals surface area contributed by atoms with Crippen molar-refractivity contribution in [2.24, 2.45) is 5.41 Å². The van der Waals surface area contributed by atoms with Crippen LogP contribution in [0.3, 0.4) is 0 Å². The van der Waals surface area contributed by atoms with E-state index in [1.807, 2.05) is 12.1 Å². The van der Waals surface area contributed by atoms with Crippen molar-refractivity contribution in [1.82, 2.24) is 19.8 Å². The molecular weight excluding hydrogens is 614 g/mol. The molecule has 1 aliphatic carbocycles. The maximum atomic E-state index is 12.6. The number of benzene rings is 2. The summed E-state index contributed by atoms with van der Waals surface area (Å²) >= 11 is 6.74. The third kappa shape index (κ3) is 5.79. The number of carbonyl (C=O) groups excluding carboxylic acids is 1. The molecule has 4 fully saturated rings. The Morgan fingerprint density at radius 2 is 2.00 bits per heavy atom. The number of piperazine rings is 1. The van der Waals surface area contributed by atoms with Crippen molar-refractivity contribution in [3.05, 3.63) is 76.8 Å². The van der Waals surface area contributed by atoms with Crippen LogP contribution in [-0.2, 0) is 22.5 Å². The monoisotopic (exact) mass is 653 g/mol. The molecule has 0 spiro atoms. The number of halogens is 1. The van der Waals surface area contributed by atoms with E-state index in [4.69, 9.17) is 37.6 Å². The van der Waals surface area contributed by atoms with Gasteiger partial charge in [-0.05, 0) is 49.3 Å². The highest BCUT2D eigenvalue weighted by Crippen LogP contribution is 2.48. The summed E-state index contributed by atoms with van der Waals surface area (Å²) in [5, 5.41) is 2.90. The third-order valence-corrected chi connectivity index (χ3v) is 11.1. The summed E-state index contributed by atoms with van der Waals surface area (Å²) in [7, 11) is 0. The number of nitrogens with zero attached hydrogens (tertiary/aromatic N) is 7. The first-order valence-electron chi connectivity index (χ1n) is 16.8. The Morgan fingerprint density at radius 3 is 2.74 bits per heavy atom. The maximum absolute atomic E-state index is 12.6. The molecule has 5 heterocycles. The molecule has 1 aromatic heterocycles. The zero-order chi connectivity index (χ0) is 32.1. The minimum Gasteiger partial charge on any atom is -0.463 e. The largest absolute Gasteiger partial charge is 0.463 e. The molecule has 47 heavy (non-hydrogen) atoms. The van der Waals surface area contributed by atoms with Crippen molar-refractivity contribution in [2.45, 2.75) is 50.4 Å². The lowest BCUT2D eigenvalue weighted by Crippen LogP contribution is -2.56. The van der Waals surface area contributed by atoms with Crippen LogP contribution in [0.5, 0.6) is 6.01 Å². The van der Waals surface area contributed by atoms with Crippen LogP contribution < -0.4 is 14.5 Å². The van der Waals surface area contributed by atoms with E-state index in [0.717, 1.165) is 90.5 Å². The lowest BCUT2D eigenvalue weighted by Gasteiger charge is -2.41. The van der Waals surface area contributed by atoms with Crippen molar-refractivity contribution in [2.75, 3.05) is 68.8 Å². The van der Waals surface area contributed by atoms with Gasteiger partial charge in [-0.1, -0.05) is 42.4 Å². The number of anilines is 2. The van der Waals surface area contributed by atoms with Crippen molar-refractivity contribution in [3.63, 3.8) is 0 Å². The van der Waals surface area contributed by atoms with Crippen molar-refractivity contribution >= 4 is 39.8 Å². The van der Waals surface area contributed by atoms with Crippen LogP contribution in [0.25, 0.3) is 15.6 Å². The molecule has 3 atom stereocenters. The Balaban J connectivity index is 1.09. The molecule has 8 rings (SSSR count). The fraction of sp³-hybridized carbons (Fsp3) is 0.500. The van der Waals surface area contributed by atoms with Crippen LogP contribution in [0.2, 0.25) is 5.02 Å². The zero-order valence-corrected chi connectivity index (χ0v) is 27.4. The van der Waals surface area contributed by atoms with Gasteiger partial charge in [0.05, 0.1) is 36.6 Å². The Labute approximate surface area is 280 Å². The van der Waals surface area contributed by atoms with Crippen LogP contribution in [0.15, 0.2) is 49.1 Å². The molecule has 10 nitrogen and oxygen atoms in total. The molecule has 2 bridgehead atoms. The average Bonchev–Trinajstić information content (AvgIpc) is 3.52. The van der Waals surface area contributed by atoms with Gasteiger partial charge in [0.2, 0.25) is 12.5 Å². The summed E-state index contributed by atoms with van der Waals surface area (Å²) in [4.78, 5) is 35.4. The SMILES string of the molecule is [C-]#[N+]CC1CN(c2nc(OCC3(CN4C[C@H]5C[C@@H]4CO5)CC3)nc3c2CCN(c2cccc4cccc(Cl)c24)C3)CCN1C(=O)C=C. The number of morpholine rings is 1. The molecule has 1 saturated carbocycles. The first-order valence-corrected chi connectivity index (χ1v) is 17.1. The van der Waals surface area contributed by atoms with Crippen molar-refractivity contribution in [3.8, 4) is 6.01 Å². The number of rotatable bonds is 9. The molecule has 4 aliphatic heterocycles. The average molecular weight is 654 g/mol. The number of ether oxygens (including phenoxy) is 2. The van der Waals surface area contributed by atoms with Gasteiger partial charge in [0.1, 0.15) is 11.9 Å². The summed E-state index contributed by atoms with van der Waals surface area (Å²) in [5.41, 5.74) is 3.29. The van der Waals surface area contributed by atoms with E-state index >= 15 is 0 Å². The second kappa shape index (κ2) is 12.3. The van der Waals surface area contributed by atoms with Crippen LogP contribution in [0.4, 0.5) is 11.5 Å². The smallest absolute Gasteiger partial charge is 0.318 e. The van der Waals surface area contributed by atoms with E-state index in [2.05, 4.69) is 50.4 Å². The minimum absolute atomic E-state index is 0.132. The molecule has 5 aliphatic rings. The van der Waals surface area contributed by atoms with Gasteiger partial charge >= 0.3 is 6.01 Å². The highest BCUT2D eigenvalue weighted by atomic mass is 35.5. The summed E-state index contributed by atoms with van der Waals surface area (Å²) in [6.07, 6.45) is 5.92. The molecule has 3 aromatic rings. The number of carbonyl (C=O) groups is 1. The predicted octanol–water partition coefficient (Wildman–Crippen LogP) is 4.60. The number of likely N-dealkylation sites (tertiary alicyclic amines) is 1. The number of aromatic nitrogens is 2. The minimum atomic E-state index is -0.242. The molecule has 1 amide bonds. The van der Waals surface area contributed by atoms with Crippen molar-refractivity contribution < 1.29 is 14.3 Å². The van der Waals surface area contributed by atoms with Gasteiger partial charge in [0, 0.05) is 67.4 Å². The van der Waals surface area contributed by atoms with Gasteiger partial charge in [-0.15, -0.1) is 0 Å². The Morgan fingerprint density at radius 1 is 1.15 bits per heavy atom. The predicted molar refractivity (Wildman–Crippen MR) is 182 cm³/mol. The Bertz CT molecular complexity index is 1750. The van der Waals surface area contributed by atoms with E-state index in [0.29, 0.717) is 50.9 Å². The van der Waals surface area contributed by atoms with Crippen LogP contribution in [0.1, 0.15) is 30.5 Å². The maximum Gasteiger partial charge on any atom is 0.318 e. The summed E-state index contributed by atoms with van der Waals surface area (Å²) in [5.74, 6) is 0.726. The van der Waals surface area contributed by atoms with E-state index in [9.17, 15) is 4.79 Å². The summed E-state index contributed by atoms with van der Waals surface area (Å²) in [6, 6.07) is 13.0. The van der Waals surface area contributed by atoms with Gasteiger partial charge in [0.15, 0.2) is 0 Å². The van der Waals surface area contributed by atoms with Crippen LogP contribution in [0, 0.1) is 12.0 Å². The van der Waals surface area contributed by atoms with E-state index in [-0.39, 0.29) is 23.9 Å². The molecule has 0 N–H and O–H groups in total. The number of hydrogen-bond donors (Lipinski definition) is 0. The lowest BCUT2D eigenvalue weighted by molar-refractivity contribution is -0.128. The number of fused-ring (bicyclic) bond motifs is 4.